The van der Waals surface area contributed by atoms with Gasteiger partial charge in [-0.25, -0.2) is 4.99 Å². The maximum absolute atomic E-state index is 8.93. The third-order valence-corrected chi connectivity index (χ3v) is 1.99. The van der Waals surface area contributed by atoms with Gasteiger partial charge in [0.15, 0.2) is 0 Å². The molecule has 1 unspecified atom stereocenters. The van der Waals surface area contributed by atoms with Crippen LogP contribution in [0.2, 0.25) is 0 Å². The smallest absolute Gasteiger partial charge is 0.207 e. The Balaban J connectivity index is 2.79. The largest absolute Gasteiger partial charge is 0.477 e. The number of hydrogen-bond acceptors (Lipinski definition) is 3. The van der Waals surface area contributed by atoms with Crippen LogP contribution < -0.4 is 0 Å². The van der Waals surface area contributed by atoms with Crippen LogP contribution in [0.15, 0.2) is 4.99 Å². The lowest BCUT2D eigenvalue weighted by Gasteiger charge is -2.17. The minimum Gasteiger partial charge on any atom is -0.477 e. The number of ether oxygens (including phenoxy) is 1. The van der Waals surface area contributed by atoms with E-state index in [-0.39, 0.29) is 12.1 Å². The highest BCUT2D eigenvalue weighted by molar-refractivity contribution is 6.34. The van der Waals surface area contributed by atoms with E-state index in [1.165, 1.54) is 0 Å². The van der Waals surface area contributed by atoms with Crippen LogP contribution in [0.4, 0.5) is 0 Å². The van der Waals surface area contributed by atoms with Gasteiger partial charge in [-0.05, 0) is 20.8 Å². The van der Waals surface area contributed by atoms with Crippen LogP contribution in [0.5, 0.6) is 0 Å². The van der Waals surface area contributed by atoms with Crippen molar-refractivity contribution in [2.24, 2.45) is 4.99 Å². The van der Waals surface area contributed by atoms with Gasteiger partial charge in [-0.2, -0.15) is 0 Å². The number of aliphatic imine (C=N–C) groups is 1. The van der Waals surface area contributed by atoms with Crippen molar-refractivity contribution in [3.63, 3.8) is 0 Å². The van der Waals surface area contributed by atoms with Crippen molar-refractivity contribution in [2.75, 3.05) is 13.2 Å². The van der Waals surface area contributed by atoms with Crippen LogP contribution in [0, 0.1) is 0 Å². The summed E-state index contributed by atoms with van der Waals surface area (Å²) in [6.45, 7) is 5.98. The van der Waals surface area contributed by atoms with Crippen LogP contribution >= 0.6 is 11.6 Å². The molecule has 12 heavy (non-hydrogen) atoms. The number of rotatable bonds is 2. The molecular weight excluding hydrogens is 178 g/mol. The van der Waals surface area contributed by atoms with E-state index in [9.17, 15) is 0 Å². The molecule has 0 bridgehead atoms. The summed E-state index contributed by atoms with van der Waals surface area (Å²) in [5, 5.41) is 8.93. The van der Waals surface area contributed by atoms with Gasteiger partial charge in [0.2, 0.25) is 5.90 Å². The molecule has 1 aliphatic rings. The number of halogens is 1. The van der Waals surface area contributed by atoms with Gasteiger partial charge in [-0.15, -0.1) is 11.6 Å². The zero-order valence-corrected chi connectivity index (χ0v) is 8.35. The second-order valence-electron chi connectivity index (χ2n) is 3.87. The van der Waals surface area contributed by atoms with Gasteiger partial charge in [0.25, 0.3) is 0 Å². The van der Waals surface area contributed by atoms with E-state index < -0.39 is 4.87 Å². The van der Waals surface area contributed by atoms with E-state index in [0.29, 0.717) is 12.5 Å². The molecule has 0 aliphatic carbocycles. The molecule has 0 saturated heterocycles. The highest BCUT2D eigenvalue weighted by Crippen LogP contribution is 2.26. The van der Waals surface area contributed by atoms with Crippen LogP contribution in [0.3, 0.4) is 0 Å². The molecular formula is C8H14ClNO2. The van der Waals surface area contributed by atoms with Crippen LogP contribution in [-0.4, -0.2) is 34.6 Å². The Bertz CT molecular complexity index is 211. The highest BCUT2D eigenvalue weighted by Gasteiger charge is 2.37. The van der Waals surface area contributed by atoms with Gasteiger partial charge in [0.1, 0.15) is 11.5 Å². The van der Waals surface area contributed by atoms with Crippen LogP contribution in [0.25, 0.3) is 0 Å². The summed E-state index contributed by atoms with van der Waals surface area (Å²) in [4.78, 5) is 3.40. The van der Waals surface area contributed by atoms with E-state index >= 15 is 0 Å². The van der Waals surface area contributed by atoms with Crippen molar-refractivity contribution in [3.8, 4) is 0 Å². The highest BCUT2D eigenvalue weighted by atomic mass is 35.5. The second-order valence-corrected chi connectivity index (χ2v) is 4.71. The predicted molar refractivity (Wildman–Crippen MR) is 48.8 cm³/mol. The van der Waals surface area contributed by atoms with Gasteiger partial charge in [-0.3, -0.25) is 0 Å². The van der Waals surface area contributed by atoms with Gasteiger partial charge >= 0.3 is 0 Å². The number of alkyl halides is 1. The molecule has 1 atom stereocenters. The third-order valence-electron chi connectivity index (χ3n) is 1.71. The summed E-state index contributed by atoms with van der Waals surface area (Å²) in [6.07, 6.45) is 0. The van der Waals surface area contributed by atoms with Crippen molar-refractivity contribution >= 4 is 17.5 Å². The van der Waals surface area contributed by atoms with Gasteiger partial charge in [0, 0.05) is 0 Å². The fourth-order valence-corrected chi connectivity index (χ4v) is 1.02. The Hall–Kier alpha value is -0.280. The van der Waals surface area contributed by atoms with Crippen molar-refractivity contribution in [2.45, 2.75) is 31.2 Å². The lowest BCUT2D eigenvalue weighted by atomic mass is 10.1. The lowest BCUT2D eigenvalue weighted by Crippen LogP contribution is -2.33. The summed E-state index contributed by atoms with van der Waals surface area (Å²) in [6, 6.07) is 0. The van der Waals surface area contributed by atoms with E-state index in [2.05, 4.69) is 4.99 Å². The van der Waals surface area contributed by atoms with Crippen molar-refractivity contribution in [1.82, 2.24) is 0 Å². The average molecular weight is 192 g/mol. The average Bonchev–Trinajstić information content (AvgIpc) is 2.31. The third kappa shape index (κ3) is 1.90. The molecule has 3 nitrogen and oxygen atoms in total. The van der Waals surface area contributed by atoms with E-state index in [4.69, 9.17) is 21.4 Å². The molecule has 0 aromatic carbocycles. The fourth-order valence-electron chi connectivity index (χ4n) is 0.919. The summed E-state index contributed by atoms with van der Waals surface area (Å²) in [7, 11) is 0. The first kappa shape index (κ1) is 9.81. The Morgan fingerprint density at radius 1 is 1.75 bits per heavy atom. The Morgan fingerprint density at radius 3 is 2.67 bits per heavy atom. The second kappa shape index (κ2) is 2.89. The molecule has 0 aromatic rings. The van der Waals surface area contributed by atoms with Crippen molar-refractivity contribution < 1.29 is 9.84 Å². The quantitative estimate of drug-likeness (QED) is 0.667. The Kier molecular flexibility index (Phi) is 2.36. The van der Waals surface area contributed by atoms with Crippen LogP contribution in [0.1, 0.15) is 20.8 Å². The van der Waals surface area contributed by atoms with Crippen molar-refractivity contribution in [1.29, 1.82) is 0 Å². The minimum absolute atomic E-state index is 0.163. The topological polar surface area (TPSA) is 41.8 Å². The minimum atomic E-state index is -0.867. The predicted octanol–water partition coefficient (Wildman–Crippen LogP) is 1.18. The zero-order valence-electron chi connectivity index (χ0n) is 7.59. The lowest BCUT2D eigenvalue weighted by molar-refractivity contribution is 0.238. The zero-order chi connectivity index (χ0) is 9.41. The maximum atomic E-state index is 8.93. The summed E-state index contributed by atoms with van der Waals surface area (Å²) >= 11 is 5.95. The standard InChI is InChI=1S/C8H14ClNO2/c1-7(2)5-12-6(10-7)8(3,9)4-11/h11H,4-5H2,1-3H3. The van der Waals surface area contributed by atoms with Crippen LogP contribution in [-0.2, 0) is 4.74 Å². The van der Waals surface area contributed by atoms with Crippen molar-refractivity contribution in [3.05, 3.63) is 0 Å². The number of aliphatic hydroxyl groups is 1. The number of nitrogens with zero attached hydrogens (tertiary/aromatic N) is 1. The van der Waals surface area contributed by atoms with E-state index in [1.54, 1.807) is 6.92 Å². The first-order chi connectivity index (χ1) is 5.37. The number of aliphatic hydroxyl groups excluding tert-OH is 1. The molecule has 70 valence electrons. The first-order valence-electron chi connectivity index (χ1n) is 3.90. The molecule has 0 saturated carbocycles. The first-order valence-corrected chi connectivity index (χ1v) is 4.28. The molecule has 1 heterocycles. The number of hydrogen-bond donors (Lipinski definition) is 1. The molecule has 1 N–H and O–H groups in total. The fraction of sp³-hybridized carbons (Fsp3) is 0.875. The van der Waals surface area contributed by atoms with Gasteiger partial charge < -0.3 is 9.84 Å². The Morgan fingerprint density at radius 2 is 2.33 bits per heavy atom. The van der Waals surface area contributed by atoms with E-state index in [0.717, 1.165) is 0 Å². The molecule has 4 heteroatoms. The monoisotopic (exact) mass is 191 g/mol. The Labute approximate surface area is 77.4 Å². The van der Waals surface area contributed by atoms with E-state index in [1.807, 2.05) is 13.8 Å². The van der Waals surface area contributed by atoms with Gasteiger partial charge in [0.05, 0.1) is 12.1 Å². The molecule has 0 radical (unpaired) electrons. The summed E-state index contributed by atoms with van der Waals surface area (Å²) < 4.78 is 5.28. The summed E-state index contributed by atoms with van der Waals surface area (Å²) in [5.41, 5.74) is -0.208. The molecule has 0 amide bonds. The molecule has 0 aromatic heterocycles. The molecule has 0 spiro atoms. The molecule has 1 aliphatic heterocycles. The summed E-state index contributed by atoms with van der Waals surface area (Å²) in [5.74, 6) is 0.441. The molecule has 0 fully saturated rings. The maximum Gasteiger partial charge on any atom is 0.207 e. The SMILES string of the molecule is CC1(C)COC(C(C)(Cl)CO)=N1. The molecule has 1 rings (SSSR count). The normalized spacial score (nSPS) is 25.9. The van der Waals surface area contributed by atoms with Gasteiger partial charge in [-0.1, -0.05) is 0 Å².